The van der Waals surface area contributed by atoms with Crippen molar-refractivity contribution < 1.29 is 4.74 Å². The summed E-state index contributed by atoms with van der Waals surface area (Å²) in [5.41, 5.74) is 0.137. The Bertz CT molecular complexity index is 101. The van der Waals surface area contributed by atoms with E-state index in [1.165, 1.54) is 12.8 Å². The molecule has 0 radical (unpaired) electrons. The molecule has 1 atom stereocenters. The lowest BCUT2D eigenvalue weighted by atomic mass is 10.1. The van der Waals surface area contributed by atoms with Crippen molar-refractivity contribution in [3.8, 4) is 0 Å². The molecule has 1 heterocycles. The van der Waals surface area contributed by atoms with Gasteiger partial charge in [0.25, 0.3) is 0 Å². The van der Waals surface area contributed by atoms with E-state index in [1.807, 2.05) is 0 Å². The summed E-state index contributed by atoms with van der Waals surface area (Å²) in [6.45, 7) is 4.30. The first-order valence-electron chi connectivity index (χ1n) is 3.38. The number of halogens is 1. The molecule has 0 aromatic carbocycles. The van der Waals surface area contributed by atoms with Crippen LogP contribution in [0.2, 0.25) is 0 Å². The summed E-state index contributed by atoms with van der Waals surface area (Å²) < 4.78 is 5.65. The normalized spacial score (nSPS) is 33.0. The molecule has 0 amide bonds. The molecule has 0 N–H and O–H groups in total. The third-order valence-corrected chi connectivity index (χ3v) is 2.45. The van der Waals surface area contributed by atoms with Crippen molar-refractivity contribution in [1.82, 2.24) is 0 Å². The molecule has 0 bridgehead atoms. The van der Waals surface area contributed by atoms with E-state index in [2.05, 4.69) is 29.8 Å². The van der Waals surface area contributed by atoms with Crippen LogP contribution >= 0.6 is 15.9 Å². The largest absolute Gasteiger partial charge is 0.371 e. The van der Waals surface area contributed by atoms with Crippen LogP contribution < -0.4 is 0 Å². The molecule has 1 aliphatic rings. The van der Waals surface area contributed by atoms with Gasteiger partial charge < -0.3 is 4.74 Å². The minimum absolute atomic E-state index is 0.137. The second-order valence-electron chi connectivity index (χ2n) is 3.19. The maximum Gasteiger partial charge on any atom is 0.0680 e. The third-order valence-electron chi connectivity index (χ3n) is 1.73. The van der Waals surface area contributed by atoms with Crippen LogP contribution in [0.1, 0.15) is 26.7 Å². The SMILES string of the molecule is CC1(C)CC[C@@H](CBr)O1. The molecule has 0 unspecified atom stereocenters. The average molecular weight is 193 g/mol. The predicted octanol–water partition coefficient (Wildman–Crippen LogP) is 2.34. The molecular weight excluding hydrogens is 180 g/mol. The van der Waals surface area contributed by atoms with Crippen LogP contribution in [0.25, 0.3) is 0 Å². The van der Waals surface area contributed by atoms with Gasteiger partial charge in [0.2, 0.25) is 0 Å². The molecule has 1 fully saturated rings. The van der Waals surface area contributed by atoms with Crippen molar-refractivity contribution in [2.45, 2.75) is 38.4 Å². The van der Waals surface area contributed by atoms with Gasteiger partial charge in [-0.1, -0.05) is 15.9 Å². The first kappa shape index (κ1) is 7.55. The van der Waals surface area contributed by atoms with E-state index in [0.29, 0.717) is 6.10 Å². The van der Waals surface area contributed by atoms with E-state index >= 15 is 0 Å². The second kappa shape index (κ2) is 2.59. The predicted molar refractivity (Wildman–Crippen MR) is 42.0 cm³/mol. The monoisotopic (exact) mass is 192 g/mol. The van der Waals surface area contributed by atoms with Gasteiger partial charge in [-0.2, -0.15) is 0 Å². The molecule has 54 valence electrons. The Labute approximate surface area is 64.9 Å². The van der Waals surface area contributed by atoms with E-state index in [9.17, 15) is 0 Å². The number of rotatable bonds is 1. The fourth-order valence-electron chi connectivity index (χ4n) is 1.19. The van der Waals surface area contributed by atoms with E-state index in [0.717, 1.165) is 5.33 Å². The molecule has 1 saturated heterocycles. The highest BCUT2D eigenvalue weighted by Gasteiger charge is 2.30. The summed E-state index contributed by atoms with van der Waals surface area (Å²) >= 11 is 3.40. The van der Waals surface area contributed by atoms with E-state index < -0.39 is 0 Å². The van der Waals surface area contributed by atoms with Gasteiger partial charge in [-0.15, -0.1) is 0 Å². The zero-order valence-corrected chi connectivity index (χ0v) is 7.57. The van der Waals surface area contributed by atoms with Crippen LogP contribution in [0.15, 0.2) is 0 Å². The Balaban J connectivity index is 2.38. The third kappa shape index (κ3) is 1.94. The van der Waals surface area contributed by atoms with Crippen LogP contribution in [0.5, 0.6) is 0 Å². The van der Waals surface area contributed by atoms with Crippen molar-refractivity contribution in [1.29, 1.82) is 0 Å². The van der Waals surface area contributed by atoms with Crippen molar-refractivity contribution in [2.24, 2.45) is 0 Å². The minimum Gasteiger partial charge on any atom is -0.371 e. The number of hydrogen-bond donors (Lipinski definition) is 0. The Kier molecular flexibility index (Phi) is 2.17. The zero-order chi connectivity index (χ0) is 6.91. The lowest BCUT2D eigenvalue weighted by Gasteiger charge is -2.17. The Morgan fingerprint density at radius 1 is 1.67 bits per heavy atom. The van der Waals surface area contributed by atoms with Crippen molar-refractivity contribution in [3.05, 3.63) is 0 Å². The molecule has 0 spiro atoms. The molecule has 0 aliphatic carbocycles. The molecule has 1 rings (SSSR count). The van der Waals surface area contributed by atoms with Crippen LogP contribution in [0.3, 0.4) is 0 Å². The Morgan fingerprint density at radius 2 is 2.33 bits per heavy atom. The molecular formula is C7H13BrO. The number of hydrogen-bond acceptors (Lipinski definition) is 1. The molecule has 9 heavy (non-hydrogen) atoms. The topological polar surface area (TPSA) is 9.23 Å². The molecule has 0 saturated carbocycles. The van der Waals surface area contributed by atoms with E-state index in [1.54, 1.807) is 0 Å². The summed E-state index contributed by atoms with van der Waals surface area (Å²) in [6.07, 6.45) is 2.86. The van der Waals surface area contributed by atoms with Crippen molar-refractivity contribution in [3.63, 3.8) is 0 Å². The zero-order valence-electron chi connectivity index (χ0n) is 5.98. The Morgan fingerprint density at radius 3 is 2.56 bits per heavy atom. The summed E-state index contributed by atoms with van der Waals surface area (Å²) in [5, 5.41) is 0.983. The maximum atomic E-state index is 5.65. The Hall–Kier alpha value is 0.440. The second-order valence-corrected chi connectivity index (χ2v) is 3.84. The lowest BCUT2D eigenvalue weighted by molar-refractivity contribution is -0.00418. The van der Waals surface area contributed by atoms with E-state index in [4.69, 9.17) is 4.74 Å². The summed E-state index contributed by atoms with van der Waals surface area (Å²) in [7, 11) is 0. The van der Waals surface area contributed by atoms with Gasteiger partial charge in [0, 0.05) is 5.33 Å². The van der Waals surface area contributed by atoms with Crippen LogP contribution in [0, 0.1) is 0 Å². The smallest absolute Gasteiger partial charge is 0.0680 e. The fraction of sp³-hybridized carbons (Fsp3) is 1.00. The summed E-state index contributed by atoms with van der Waals surface area (Å²) in [5.74, 6) is 0. The van der Waals surface area contributed by atoms with Crippen molar-refractivity contribution in [2.75, 3.05) is 5.33 Å². The molecule has 1 nitrogen and oxygen atoms in total. The molecule has 1 aliphatic heterocycles. The first-order valence-corrected chi connectivity index (χ1v) is 4.50. The minimum atomic E-state index is 0.137. The number of ether oxygens (including phenoxy) is 1. The van der Waals surface area contributed by atoms with Gasteiger partial charge in [0.1, 0.15) is 0 Å². The van der Waals surface area contributed by atoms with Crippen LogP contribution in [-0.2, 0) is 4.74 Å². The van der Waals surface area contributed by atoms with Crippen molar-refractivity contribution >= 4 is 15.9 Å². The average Bonchev–Trinajstić information content (AvgIpc) is 2.10. The molecule has 2 heteroatoms. The molecule has 0 aromatic rings. The highest BCUT2D eigenvalue weighted by Crippen LogP contribution is 2.29. The standard InChI is InChI=1S/C7H13BrO/c1-7(2)4-3-6(5-8)9-7/h6H,3-5H2,1-2H3/t6-/m0/s1. The summed E-state index contributed by atoms with van der Waals surface area (Å²) in [4.78, 5) is 0. The highest BCUT2D eigenvalue weighted by molar-refractivity contribution is 9.09. The van der Waals surface area contributed by atoms with Gasteiger partial charge in [-0.3, -0.25) is 0 Å². The van der Waals surface area contributed by atoms with Crippen LogP contribution in [-0.4, -0.2) is 17.0 Å². The summed E-state index contributed by atoms with van der Waals surface area (Å²) in [6, 6.07) is 0. The quantitative estimate of drug-likeness (QED) is 0.580. The lowest BCUT2D eigenvalue weighted by Crippen LogP contribution is -2.20. The van der Waals surface area contributed by atoms with Gasteiger partial charge in [0.05, 0.1) is 11.7 Å². The van der Waals surface area contributed by atoms with Crippen LogP contribution in [0.4, 0.5) is 0 Å². The highest BCUT2D eigenvalue weighted by atomic mass is 79.9. The van der Waals surface area contributed by atoms with Gasteiger partial charge in [0.15, 0.2) is 0 Å². The van der Waals surface area contributed by atoms with Gasteiger partial charge in [-0.05, 0) is 26.7 Å². The maximum absolute atomic E-state index is 5.65. The van der Waals surface area contributed by atoms with Gasteiger partial charge >= 0.3 is 0 Å². The number of alkyl halides is 1. The first-order chi connectivity index (χ1) is 4.14. The fourth-order valence-corrected chi connectivity index (χ4v) is 1.64. The van der Waals surface area contributed by atoms with E-state index in [-0.39, 0.29) is 5.60 Å². The van der Waals surface area contributed by atoms with Gasteiger partial charge in [-0.25, -0.2) is 0 Å². The molecule has 0 aromatic heterocycles.